The number of aryl methyl sites for hydroxylation is 1. The number of benzene rings is 1. The van der Waals surface area contributed by atoms with Gasteiger partial charge in [0, 0.05) is 38.8 Å². The number of carbonyl (C=O) groups is 1. The second-order valence-electron chi connectivity index (χ2n) is 7.16. The summed E-state index contributed by atoms with van der Waals surface area (Å²) in [5.41, 5.74) is -2.78. The van der Waals surface area contributed by atoms with Crippen molar-refractivity contribution in [1.82, 2.24) is 29.9 Å². The average molecular weight is 459 g/mol. The number of alkyl halides is 6. The van der Waals surface area contributed by atoms with E-state index in [1.807, 2.05) is 0 Å². The minimum atomic E-state index is -5.02. The molecule has 1 amide bonds. The van der Waals surface area contributed by atoms with Crippen LogP contribution in [0.1, 0.15) is 21.5 Å². The first kappa shape index (κ1) is 21.8. The first-order valence-corrected chi connectivity index (χ1v) is 9.29. The molecule has 0 bridgehead atoms. The van der Waals surface area contributed by atoms with Crippen molar-refractivity contribution in [2.45, 2.75) is 12.4 Å². The van der Waals surface area contributed by atoms with Gasteiger partial charge in [0.1, 0.15) is 6.33 Å². The monoisotopic (exact) mass is 459 g/mol. The summed E-state index contributed by atoms with van der Waals surface area (Å²) in [6.07, 6.45) is -8.71. The smallest absolute Gasteiger partial charge is 0.351 e. The molecule has 1 aliphatic rings. The van der Waals surface area contributed by atoms with E-state index in [1.54, 1.807) is 11.9 Å². The van der Waals surface area contributed by atoms with Crippen LogP contribution in [0.4, 0.5) is 32.2 Å². The third-order valence-electron chi connectivity index (χ3n) is 5.07. The number of rotatable bonds is 2. The highest BCUT2D eigenvalue weighted by molar-refractivity contribution is 5.95. The van der Waals surface area contributed by atoms with Gasteiger partial charge in [-0.1, -0.05) is 5.21 Å². The second kappa shape index (κ2) is 7.60. The highest BCUT2D eigenvalue weighted by atomic mass is 19.4. The maximum Gasteiger partial charge on any atom is 0.416 e. The number of nitrogens with zero attached hydrogens (tertiary/aromatic N) is 7. The fourth-order valence-corrected chi connectivity index (χ4v) is 3.45. The van der Waals surface area contributed by atoms with Crippen LogP contribution in [0.2, 0.25) is 0 Å². The molecule has 0 spiro atoms. The zero-order chi connectivity index (χ0) is 23.3. The van der Waals surface area contributed by atoms with Gasteiger partial charge in [-0.2, -0.15) is 26.3 Å². The highest BCUT2D eigenvalue weighted by Crippen LogP contribution is 2.36. The Balaban J connectivity index is 1.56. The van der Waals surface area contributed by atoms with Crippen molar-refractivity contribution in [3.63, 3.8) is 0 Å². The van der Waals surface area contributed by atoms with Crippen molar-refractivity contribution >= 4 is 22.9 Å². The normalized spacial score (nSPS) is 15.5. The van der Waals surface area contributed by atoms with Gasteiger partial charge in [-0.05, 0) is 18.2 Å². The molecule has 1 aromatic carbocycles. The Bertz CT molecular complexity index is 1130. The maximum atomic E-state index is 13.1. The predicted molar refractivity (Wildman–Crippen MR) is 98.7 cm³/mol. The van der Waals surface area contributed by atoms with Gasteiger partial charge in [0.05, 0.1) is 11.1 Å². The molecule has 4 rings (SSSR count). The van der Waals surface area contributed by atoms with Crippen molar-refractivity contribution < 1.29 is 31.1 Å². The lowest BCUT2D eigenvalue weighted by molar-refractivity contribution is -0.143. The number of halogens is 6. The molecule has 0 aliphatic carbocycles. The van der Waals surface area contributed by atoms with Gasteiger partial charge in [0.25, 0.3) is 5.91 Å². The SMILES string of the molecule is Cn1nnc2c(N3CCN(C(=O)c4cc(C(F)(F)F)cc(C(F)(F)F)c4)CC3)ncnc21. The van der Waals surface area contributed by atoms with E-state index >= 15 is 0 Å². The van der Waals surface area contributed by atoms with E-state index in [-0.39, 0.29) is 32.2 Å². The number of anilines is 1. The Morgan fingerprint density at radius 2 is 1.50 bits per heavy atom. The van der Waals surface area contributed by atoms with E-state index in [2.05, 4.69) is 20.3 Å². The van der Waals surface area contributed by atoms with Crippen LogP contribution in [0.15, 0.2) is 24.5 Å². The second-order valence-corrected chi connectivity index (χ2v) is 7.16. The Morgan fingerprint density at radius 1 is 0.906 bits per heavy atom. The molecule has 3 aromatic rings. The van der Waals surface area contributed by atoms with E-state index < -0.39 is 35.0 Å². The largest absolute Gasteiger partial charge is 0.416 e. The van der Waals surface area contributed by atoms with Crippen LogP contribution in [-0.4, -0.2) is 61.9 Å². The molecule has 32 heavy (non-hydrogen) atoms. The molecule has 0 saturated carbocycles. The molecule has 0 radical (unpaired) electrons. The Morgan fingerprint density at radius 3 is 2.06 bits per heavy atom. The van der Waals surface area contributed by atoms with Crippen LogP contribution < -0.4 is 4.90 Å². The fraction of sp³-hybridized carbons (Fsp3) is 0.389. The molecule has 0 N–H and O–H groups in total. The molecule has 2 aromatic heterocycles. The summed E-state index contributed by atoms with van der Waals surface area (Å²) in [6.45, 7) is 0.642. The molecule has 1 fully saturated rings. The minimum Gasteiger partial charge on any atom is -0.351 e. The number of carbonyl (C=O) groups excluding carboxylic acids is 1. The van der Waals surface area contributed by atoms with Crippen LogP contribution in [0.3, 0.4) is 0 Å². The fourth-order valence-electron chi connectivity index (χ4n) is 3.45. The summed E-state index contributed by atoms with van der Waals surface area (Å²) < 4.78 is 80.0. The number of amides is 1. The third kappa shape index (κ3) is 4.03. The number of fused-ring (bicyclic) bond motifs is 1. The van der Waals surface area contributed by atoms with Gasteiger partial charge >= 0.3 is 12.4 Å². The van der Waals surface area contributed by atoms with Crippen molar-refractivity contribution in [3.05, 3.63) is 41.2 Å². The molecular formula is C18H15F6N7O. The molecule has 1 aliphatic heterocycles. The summed E-state index contributed by atoms with van der Waals surface area (Å²) in [4.78, 5) is 24.0. The van der Waals surface area contributed by atoms with Crippen molar-refractivity contribution in [2.75, 3.05) is 31.1 Å². The lowest BCUT2D eigenvalue weighted by Gasteiger charge is -2.35. The summed E-state index contributed by atoms with van der Waals surface area (Å²) in [5.74, 6) is -0.429. The van der Waals surface area contributed by atoms with E-state index in [0.29, 0.717) is 29.1 Å². The van der Waals surface area contributed by atoms with Crippen molar-refractivity contribution in [1.29, 1.82) is 0 Å². The van der Waals surface area contributed by atoms with Crippen LogP contribution >= 0.6 is 0 Å². The maximum absolute atomic E-state index is 13.1. The van der Waals surface area contributed by atoms with Crippen molar-refractivity contribution in [3.8, 4) is 0 Å². The summed E-state index contributed by atoms with van der Waals surface area (Å²) in [6, 6.07) is 0.880. The zero-order valence-electron chi connectivity index (χ0n) is 16.4. The number of aromatic nitrogens is 5. The Labute approximate surface area is 176 Å². The first-order chi connectivity index (χ1) is 14.9. The van der Waals surface area contributed by atoms with E-state index in [1.165, 1.54) is 15.9 Å². The van der Waals surface area contributed by atoms with E-state index in [0.717, 1.165) is 0 Å². The number of hydrogen-bond donors (Lipinski definition) is 0. The van der Waals surface area contributed by atoms with Crippen LogP contribution in [0, 0.1) is 0 Å². The quantitative estimate of drug-likeness (QED) is 0.549. The standard InChI is InChI=1S/C18H15F6N7O/c1-29-14-13(27-28-29)15(26-9-25-14)30-2-4-31(5-3-30)16(32)10-6-11(17(19,20)21)8-12(7-10)18(22,23)24/h6-9H,2-5H2,1H3. The van der Waals surface area contributed by atoms with Gasteiger partial charge in [-0.25, -0.2) is 14.6 Å². The molecule has 0 atom stereocenters. The first-order valence-electron chi connectivity index (χ1n) is 9.29. The molecule has 1 saturated heterocycles. The lowest BCUT2D eigenvalue weighted by atomic mass is 10.0. The Hall–Kier alpha value is -3.45. The van der Waals surface area contributed by atoms with Crippen LogP contribution in [-0.2, 0) is 19.4 Å². The van der Waals surface area contributed by atoms with Crippen LogP contribution in [0.25, 0.3) is 11.2 Å². The summed E-state index contributed by atoms with van der Waals surface area (Å²) in [7, 11) is 1.66. The molecule has 3 heterocycles. The Kier molecular flexibility index (Phi) is 5.17. The molecule has 14 heteroatoms. The molecule has 8 nitrogen and oxygen atoms in total. The molecular weight excluding hydrogens is 444 g/mol. The van der Waals surface area contributed by atoms with Crippen LogP contribution in [0.5, 0.6) is 0 Å². The topological polar surface area (TPSA) is 80.0 Å². The number of hydrogen-bond acceptors (Lipinski definition) is 6. The van der Waals surface area contributed by atoms with E-state index in [4.69, 9.17) is 0 Å². The highest BCUT2D eigenvalue weighted by Gasteiger charge is 2.38. The summed E-state index contributed by atoms with van der Waals surface area (Å²) in [5, 5.41) is 7.89. The lowest BCUT2D eigenvalue weighted by Crippen LogP contribution is -2.49. The third-order valence-corrected chi connectivity index (χ3v) is 5.07. The zero-order valence-corrected chi connectivity index (χ0v) is 16.4. The average Bonchev–Trinajstić information content (AvgIpc) is 3.13. The van der Waals surface area contributed by atoms with Gasteiger partial charge in [0.2, 0.25) is 0 Å². The van der Waals surface area contributed by atoms with Crippen molar-refractivity contribution in [2.24, 2.45) is 7.05 Å². The molecule has 0 unspecified atom stereocenters. The van der Waals surface area contributed by atoms with E-state index in [9.17, 15) is 31.1 Å². The summed E-state index contributed by atoms with van der Waals surface area (Å²) >= 11 is 0. The molecule has 170 valence electrons. The number of piperazine rings is 1. The predicted octanol–water partition coefficient (Wildman–Crippen LogP) is 2.76. The van der Waals surface area contributed by atoms with Gasteiger partial charge < -0.3 is 9.80 Å². The minimum absolute atomic E-state index is 0.00400. The van der Waals surface area contributed by atoms with Gasteiger partial charge in [-0.3, -0.25) is 4.79 Å². The van der Waals surface area contributed by atoms with Gasteiger partial charge in [-0.15, -0.1) is 5.10 Å². The van der Waals surface area contributed by atoms with Gasteiger partial charge in [0.15, 0.2) is 17.0 Å².